The zero-order valence-corrected chi connectivity index (χ0v) is 11.3. The minimum absolute atomic E-state index is 0.0586. The highest BCUT2D eigenvalue weighted by Gasteiger charge is 2.35. The van der Waals surface area contributed by atoms with Gasteiger partial charge in [0.25, 0.3) is 0 Å². The Bertz CT molecular complexity index is 558. The predicted molar refractivity (Wildman–Crippen MR) is 69.2 cm³/mol. The molecule has 19 heavy (non-hydrogen) atoms. The summed E-state index contributed by atoms with van der Waals surface area (Å²) in [7, 11) is -3.63. The van der Waals surface area contributed by atoms with Crippen molar-refractivity contribution in [3.8, 4) is 0 Å². The molecule has 1 aromatic rings. The van der Waals surface area contributed by atoms with E-state index in [2.05, 4.69) is 5.32 Å². The van der Waals surface area contributed by atoms with E-state index in [1.54, 1.807) is 25.1 Å². The van der Waals surface area contributed by atoms with Crippen LogP contribution >= 0.6 is 0 Å². The number of hydrogen-bond donors (Lipinski definition) is 2. The van der Waals surface area contributed by atoms with E-state index in [9.17, 15) is 13.2 Å². The Kier molecular flexibility index (Phi) is 3.88. The highest BCUT2D eigenvalue weighted by molar-refractivity contribution is 7.89. The maximum atomic E-state index is 12.4. The summed E-state index contributed by atoms with van der Waals surface area (Å²) in [5, 5.41) is 11.9. The Morgan fingerprint density at radius 3 is 2.53 bits per heavy atom. The molecule has 1 fully saturated rings. The third-order valence-corrected chi connectivity index (χ3v) is 4.87. The van der Waals surface area contributed by atoms with Gasteiger partial charge < -0.3 is 5.11 Å². The Balaban J connectivity index is 2.28. The number of aliphatic carboxylic acids is 1. The molecule has 2 unspecified atom stereocenters. The SMILES string of the molecule is CC1CN(S(=O)(=O)c2ccccc2)CC(C(=O)O)N1. The molecule has 0 radical (unpaired) electrons. The monoisotopic (exact) mass is 284 g/mol. The van der Waals surface area contributed by atoms with Crippen molar-refractivity contribution in [1.29, 1.82) is 0 Å². The average molecular weight is 284 g/mol. The van der Waals surface area contributed by atoms with Crippen molar-refractivity contribution in [2.75, 3.05) is 13.1 Å². The maximum Gasteiger partial charge on any atom is 0.322 e. The van der Waals surface area contributed by atoms with Gasteiger partial charge in [0.05, 0.1) is 4.90 Å². The van der Waals surface area contributed by atoms with E-state index >= 15 is 0 Å². The average Bonchev–Trinajstić information content (AvgIpc) is 2.39. The molecule has 0 spiro atoms. The van der Waals surface area contributed by atoms with Crippen LogP contribution in [0.25, 0.3) is 0 Å². The van der Waals surface area contributed by atoms with Crippen LogP contribution in [0.1, 0.15) is 6.92 Å². The van der Waals surface area contributed by atoms with Gasteiger partial charge in [-0.3, -0.25) is 10.1 Å². The fourth-order valence-corrected chi connectivity index (χ4v) is 3.68. The summed E-state index contributed by atoms with van der Waals surface area (Å²) >= 11 is 0. The van der Waals surface area contributed by atoms with Crippen LogP contribution in [-0.2, 0) is 14.8 Å². The number of rotatable bonds is 3. The summed E-state index contributed by atoms with van der Waals surface area (Å²) < 4.78 is 26.0. The molecular formula is C12H16N2O4S. The van der Waals surface area contributed by atoms with E-state index < -0.39 is 22.0 Å². The van der Waals surface area contributed by atoms with Gasteiger partial charge in [-0.05, 0) is 19.1 Å². The number of carboxylic acid groups (broad SMARTS) is 1. The van der Waals surface area contributed by atoms with E-state index in [1.165, 1.54) is 16.4 Å². The molecule has 6 nitrogen and oxygen atoms in total. The van der Waals surface area contributed by atoms with E-state index in [4.69, 9.17) is 5.11 Å². The van der Waals surface area contributed by atoms with Crippen LogP contribution in [0.3, 0.4) is 0 Å². The Labute approximate surface area is 112 Å². The van der Waals surface area contributed by atoms with Crippen LogP contribution in [0.15, 0.2) is 35.2 Å². The molecule has 2 rings (SSSR count). The topological polar surface area (TPSA) is 86.7 Å². The molecule has 1 aliphatic heterocycles. The molecule has 2 N–H and O–H groups in total. The van der Waals surface area contributed by atoms with E-state index in [-0.39, 0.29) is 24.0 Å². The number of sulfonamides is 1. The van der Waals surface area contributed by atoms with Gasteiger partial charge in [-0.25, -0.2) is 8.42 Å². The van der Waals surface area contributed by atoms with Gasteiger partial charge >= 0.3 is 5.97 Å². The minimum atomic E-state index is -3.63. The van der Waals surface area contributed by atoms with Crippen LogP contribution in [0.4, 0.5) is 0 Å². The molecule has 104 valence electrons. The molecule has 1 aliphatic rings. The van der Waals surface area contributed by atoms with Gasteiger partial charge in [0, 0.05) is 19.1 Å². The van der Waals surface area contributed by atoms with Gasteiger partial charge in [0.2, 0.25) is 10.0 Å². The number of nitrogens with one attached hydrogen (secondary N) is 1. The zero-order valence-electron chi connectivity index (χ0n) is 10.5. The summed E-state index contributed by atoms with van der Waals surface area (Å²) in [5.74, 6) is -1.04. The van der Waals surface area contributed by atoms with Crippen LogP contribution in [0.2, 0.25) is 0 Å². The number of carboxylic acids is 1. The first-order valence-electron chi connectivity index (χ1n) is 5.95. The summed E-state index contributed by atoms with van der Waals surface area (Å²) in [4.78, 5) is 11.2. The van der Waals surface area contributed by atoms with Gasteiger partial charge in [-0.15, -0.1) is 0 Å². The second kappa shape index (κ2) is 5.28. The van der Waals surface area contributed by atoms with Crippen molar-refractivity contribution >= 4 is 16.0 Å². The lowest BCUT2D eigenvalue weighted by Crippen LogP contribution is -2.59. The summed E-state index contributed by atoms with van der Waals surface area (Å²) in [6.07, 6.45) is 0. The van der Waals surface area contributed by atoms with Gasteiger partial charge in [0.15, 0.2) is 0 Å². The van der Waals surface area contributed by atoms with Gasteiger partial charge in [0.1, 0.15) is 6.04 Å². The van der Waals surface area contributed by atoms with Crippen molar-refractivity contribution in [2.24, 2.45) is 0 Å². The summed E-state index contributed by atoms with van der Waals surface area (Å²) in [6, 6.07) is 6.98. The number of hydrogen-bond acceptors (Lipinski definition) is 4. The minimum Gasteiger partial charge on any atom is -0.480 e. The molecule has 0 saturated carbocycles. The number of nitrogens with zero attached hydrogens (tertiary/aromatic N) is 1. The smallest absolute Gasteiger partial charge is 0.322 e. The fraction of sp³-hybridized carbons (Fsp3) is 0.417. The van der Waals surface area contributed by atoms with Gasteiger partial charge in [-0.1, -0.05) is 18.2 Å². The third-order valence-electron chi connectivity index (χ3n) is 3.03. The molecule has 1 heterocycles. The quantitative estimate of drug-likeness (QED) is 0.823. The second-order valence-corrected chi connectivity index (χ2v) is 6.53. The number of carbonyl (C=O) groups is 1. The number of benzene rings is 1. The molecule has 7 heteroatoms. The lowest BCUT2D eigenvalue weighted by molar-refractivity contribution is -0.140. The first kappa shape index (κ1) is 14.0. The Morgan fingerprint density at radius 2 is 1.95 bits per heavy atom. The molecule has 1 saturated heterocycles. The maximum absolute atomic E-state index is 12.4. The van der Waals surface area contributed by atoms with E-state index in [0.29, 0.717) is 0 Å². The van der Waals surface area contributed by atoms with Crippen LogP contribution < -0.4 is 5.32 Å². The molecule has 1 aromatic carbocycles. The molecule has 2 atom stereocenters. The Morgan fingerprint density at radius 1 is 1.32 bits per heavy atom. The van der Waals surface area contributed by atoms with Crippen molar-refractivity contribution in [2.45, 2.75) is 23.9 Å². The van der Waals surface area contributed by atoms with Crippen LogP contribution in [0, 0.1) is 0 Å². The molecule has 0 aliphatic carbocycles. The second-order valence-electron chi connectivity index (χ2n) is 4.59. The molecule has 0 bridgehead atoms. The molecule has 0 aromatic heterocycles. The Hall–Kier alpha value is -1.44. The van der Waals surface area contributed by atoms with Crippen molar-refractivity contribution in [1.82, 2.24) is 9.62 Å². The standard InChI is InChI=1S/C12H16N2O4S/c1-9-7-14(8-11(13-9)12(15)16)19(17,18)10-5-3-2-4-6-10/h2-6,9,11,13H,7-8H2,1H3,(H,15,16). The van der Waals surface area contributed by atoms with Crippen LogP contribution in [0.5, 0.6) is 0 Å². The third kappa shape index (κ3) is 2.94. The van der Waals surface area contributed by atoms with Crippen molar-refractivity contribution < 1.29 is 18.3 Å². The van der Waals surface area contributed by atoms with Gasteiger partial charge in [-0.2, -0.15) is 4.31 Å². The normalized spacial score (nSPS) is 25.1. The summed E-state index contributed by atoms with van der Waals surface area (Å²) in [5.41, 5.74) is 0. The largest absolute Gasteiger partial charge is 0.480 e. The predicted octanol–water partition coefficient (Wildman–Crippen LogP) is 0.122. The summed E-state index contributed by atoms with van der Waals surface area (Å²) in [6.45, 7) is 1.97. The first-order chi connectivity index (χ1) is 8.91. The molecule has 0 amide bonds. The van der Waals surface area contributed by atoms with Crippen molar-refractivity contribution in [3.63, 3.8) is 0 Å². The lowest BCUT2D eigenvalue weighted by Gasteiger charge is -2.34. The highest BCUT2D eigenvalue weighted by atomic mass is 32.2. The fourth-order valence-electron chi connectivity index (χ4n) is 2.12. The molecular weight excluding hydrogens is 268 g/mol. The highest BCUT2D eigenvalue weighted by Crippen LogP contribution is 2.18. The lowest BCUT2D eigenvalue weighted by atomic mass is 10.2. The van der Waals surface area contributed by atoms with Crippen molar-refractivity contribution in [3.05, 3.63) is 30.3 Å². The zero-order chi connectivity index (χ0) is 14.0. The van der Waals surface area contributed by atoms with Crippen LogP contribution in [-0.4, -0.2) is 49.0 Å². The van der Waals surface area contributed by atoms with E-state index in [1.807, 2.05) is 0 Å². The number of piperazine rings is 1. The first-order valence-corrected chi connectivity index (χ1v) is 7.39. The van der Waals surface area contributed by atoms with E-state index in [0.717, 1.165) is 0 Å².